The molecule has 0 amide bonds. The zero-order chi connectivity index (χ0) is 15.7. The molecule has 0 aromatic heterocycles. The predicted molar refractivity (Wildman–Crippen MR) is 82.4 cm³/mol. The van der Waals surface area contributed by atoms with E-state index in [0.717, 1.165) is 10.8 Å². The average Bonchev–Trinajstić information content (AvgIpc) is 2.53. The van der Waals surface area contributed by atoms with Crippen LogP contribution >= 0.6 is 0 Å². The van der Waals surface area contributed by atoms with Gasteiger partial charge in [-0.3, -0.25) is 4.79 Å². The molecule has 4 heteroatoms. The van der Waals surface area contributed by atoms with E-state index in [1.165, 1.54) is 24.3 Å². The predicted octanol–water partition coefficient (Wildman–Crippen LogP) is 3.47. The first-order valence-electron chi connectivity index (χ1n) is 6.66. The van der Waals surface area contributed by atoms with Gasteiger partial charge in [-0.15, -0.1) is 0 Å². The van der Waals surface area contributed by atoms with Gasteiger partial charge in [0, 0.05) is 5.56 Å². The fraction of sp³-hybridized carbons (Fsp3) is 0. The summed E-state index contributed by atoms with van der Waals surface area (Å²) in [5.41, 5.74) is 0.636. The Hall–Kier alpha value is -3.14. The topological polar surface area (TPSA) is 74.6 Å². The summed E-state index contributed by atoms with van der Waals surface area (Å²) >= 11 is 0. The van der Waals surface area contributed by atoms with Crippen LogP contribution in [0.15, 0.2) is 60.7 Å². The van der Waals surface area contributed by atoms with Crippen molar-refractivity contribution in [3.05, 3.63) is 77.4 Å². The molecule has 22 heavy (non-hydrogen) atoms. The molecule has 0 aliphatic heterocycles. The number of phenols is 1. The molecule has 2 N–H and O–H groups in total. The minimum absolute atomic E-state index is 0.0917. The third kappa shape index (κ3) is 2.42. The van der Waals surface area contributed by atoms with Gasteiger partial charge in [0.2, 0.25) is 0 Å². The van der Waals surface area contributed by atoms with Crippen LogP contribution in [0.3, 0.4) is 0 Å². The van der Waals surface area contributed by atoms with Gasteiger partial charge in [0.25, 0.3) is 0 Å². The van der Waals surface area contributed by atoms with Crippen LogP contribution in [0.1, 0.15) is 26.3 Å². The van der Waals surface area contributed by atoms with Gasteiger partial charge in [-0.05, 0) is 35.0 Å². The largest absolute Gasteiger partial charge is 0.507 e. The van der Waals surface area contributed by atoms with Crippen LogP contribution in [0.25, 0.3) is 10.8 Å². The van der Waals surface area contributed by atoms with E-state index in [-0.39, 0.29) is 22.7 Å². The van der Waals surface area contributed by atoms with Crippen molar-refractivity contribution in [3.63, 3.8) is 0 Å². The molecule has 0 fully saturated rings. The number of aromatic hydroxyl groups is 1. The van der Waals surface area contributed by atoms with E-state index in [0.29, 0.717) is 5.56 Å². The molecule has 0 aliphatic carbocycles. The molecule has 0 aliphatic rings. The van der Waals surface area contributed by atoms with Crippen molar-refractivity contribution in [3.8, 4) is 5.75 Å². The van der Waals surface area contributed by atoms with Crippen molar-refractivity contribution in [2.24, 2.45) is 0 Å². The Morgan fingerprint density at radius 1 is 0.773 bits per heavy atom. The summed E-state index contributed by atoms with van der Waals surface area (Å²) in [6, 6.07) is 16.2. The van der Waals surface area contributed by atoms with E-state index in [1.807, 2.05) is 24.3 Å². The van der Waals surface area contributed by atoms with Crippen LogP contribution in [-0.4, -0.2) is 22.0 Å². The molecule has 0 saturated carbocycles. The Bertz CT molecular complexity index is 879. The molecule has 0 atom stereocenters. The van der Waals surface area contributed by atoms with E-state index in [4.69, 9.17) is 5.11 Å². The number of carboxylic acid groups (broad SMARTS) is 1. The van der Waals surface area contributed by atoms with Gasteiger partial charge in [-0.2, -0.15) is 0 Å². The molecule has 0 heterocycles. The SMILES string of the molecule is O=C(O)c1ccc(C(=O)c2cc3ccccc3cc2O)cc1. The highest BCUT2D eigenvalue weighted by atomic mass is 16.4. The Balaban J connectivity index is 2.04. The Morgan fingerprint density at radius 3 is 1.91 bits per heavy atom. The third-order valence-corrected chi connectivity index (χ3v) is 3.50. The van der Waals surface area contributed by atoms with Crippen molar-refractivity contribution < 1.29 is 19.8 Å². The number of ketones is 1. The maximum absolute atomic E-state index is 12.5. The summed E-state index contributed by atoms with van der Waals surface area (Å²) in [4.78, 5) is 23.3. The minimum atomic E-state index is -1.05. The highest BCUT2D eigenvalue weighted by Gasteiger charge is 2.15. The van der Waals surface area contributed by atoms with E-state index in [9.17, 15) is 14.7 Å². The molecule has 3 aromatic carbocycles. The van der Waals surface area contributed by atoms with Crippen LogP contribution < -0.4 is 0 Å². The second-order valence-electron chi connectivity index (χ2n) is 4.93. The lowest BCUT2D eigenvalue weighted by atomic mass is 9.98. The number of hydrogen-bond donors (Lipinski definition) is 2. The summed E-state index contributed by atoms with van der Waals surface area (Å²) < 4.78 is 0. The second kappa shape index (κ2) is 5.33. The van der Waals surface area contributed by atoms with E-state index >= 15 is 0 Å². The van der Waals surface area contributed by atoms with Crippen molar-refractivity contribution in [1.29, 1.82) is 0 Å². The zero-order valence-electron chi connectivity index (χ0n) is 11.5. The van der Waals surface area contributed by atoms with Gasteiger partial charge in [0.1, 0.15) is 5.75 Å². The number of rotatable bonds is 3. The van der Waals surface area contributed by atoms with Crippen LogP contribution in [0, 0.1) is 0 Å². The van der Waals surface area contributed by atoms with Gasteiger partial charge >= 0.3 is 5.97 Å². The zero-order valence-corrected chi connectivity index (χ0v) is 11.5. The number of carboxylic acids is 1. The first-order chi connectivity index (χ1) is 10.6. The monoisotopic (exact) mass is 292 g/mol. The number of carbonyl (C=O) groups excluding carboxylic acids is 1. The van der Waals surface area contributed by atoms with Crippen LogP contribution in [0.5, 0.6) is 5.75 Å². The molecule has 3 aromatic rings. The lowest BCUT2D eigenvalue weighted by Crippen LogP contribution is -2.03. The highest BCUT2D eigenvalue weighted by molar-refractivity contribution is 6.12. The fourth-order valence-electron chi connectivity index (χ4n) is 2.33. The summed E-state index contributed by atoms with van der Waals surface area (Å²) in [7, 11) is 0. The normalized spacial score (nSPS) is 10.5. The first-order valence-corrected chi connectivity index (χ1v) is 6.66. The lowest BCUT2D eigenvalue weighted by molar-refractivity contribution is 0.0696. The lowest BCUT2D eigenvalue weighted by Gasteiger charge is -2.07. The van der Waals surface area contributed by atoms with Gasteiger partial charge < -0.3 is 10.2 Å². The first kappa shape index (κ1) is 13.8. The Kier molecular flexibility index (Phi) is 3.35. The maximum Gasteiger partial charge on any atom is 0.335 e. The molecule has 0 spiro atoms. The summed E-state index contributed by atoms with van der Waals surface area (Å²) in [5, 5.41) is 20.6. The van der Waals surface area contributed by atoms with Crippen molar-refractivity contribution in [1.82, 2.24) is 0 Å². The van der Waals surface area contributed by atoms with Gasteiger partial charge in [0.05, 0.1) is 11.1 Å². The smallest absolute Gasteiger partial charge is 0.335 e. The third-order valence-electron chi connectivity index (χ3n) is 3.50. The molecular weight excluding hydrogens is 280 g/mol. The Morgan fingerprint density at radius 2 is 1.32 bits per heavy atom. The van der Waals surface area contributed by atoms with E-state index in [2.05, 4.69) is 0 Å². The highest BCUT2D eigenvalue weighted by Crippen LogP contribution is 2.27. The molecule has 108 valence electrons. The molecule has 0 saturated heterocycles. The number of aromatic carboxylic acids is 1. The van der Waals surface area contributed by atoms with Crippen molar-refractivity contribution >= 4 is 22.5 Å². The van der Waals surface area contributed by atoms with Crippen molar-refractivity contribution in [2.75, 3.05) is 0 Å². The Labute approximate surface area is 126 Å². The number of phenolic OH excluding ortho intramolecular Hbond substituents is 1. The van der Waals surface area contributed by atoms with Gasteiger partial charge in [-0.25, -0.2) is 4.79 Å². The van der Waals surface area contributed by atoms with Crippen LogP contribution in [-0.2, 0) is 0 Å². The molecule has 0 radical (unpaired) electrons. The van der Waals surface area contributed by atoms with Gasteiger partial charge in [0.15, 0.2) is 5.78 Å². The summed E-state index contributed by atoms with van der Waals surface area (Å²) in [6.07, 6.45) is 0. The molecular formula is C18H12O4. The standard InChI is InChI=1S/C18H12O4/c19-16-10-14-4-2-1-3-13(14)9-15(16)17(20)11-5-7-12(8-6-11)18(21)22/h1-10,19H,(H,21,22). The second-order valence-corrected chi connectivity index (χ2v) is 4.93. The number of benzene rings is 3. The summed E-state index contributed by atoms with van der Waals surface area (Å²) in [6.45, 7) is 0. The molecule has 0 bridgehead atoms. The van der Waals surface area contributed by atoms with E-state index in [1.54, 1.807) is 12.1 Å². The number of carbonyl (C=O) groups is 2. The molecule has 4 nitrogen and oxygen atoms in total. The minimum Gasteiger partial charge on any atom is -0.507 e. The number of hydrogen-bond acceptors (Lipinski definition) is 3. The van der Waals surface area contributed by atoms with Gasteiger partial charge in [-0.1, -0.05) is 36.4 Å². The quantitative estimate of drug-likeness (QED) is 0.725. The van der Waals surface area contributed by atoms with Crippen molar-refractivity contribution in [2.45, 2.75) is 0 Å². The fourth-order valence-corrected chi connectivity index (χ4v) is 2.33. The van der Waals surface area contributed by atoms with Crippen LogP contribution in [0.2, 0.25) is 0 Å². The number of fused-ring (bicyclic) bond motifs is 1. The average molecular weight is 292 g/mol. The van der Waals surface area contributed by atoms with Crippen LogP contribution in [0.4, 0.5) is 0 Å². The summed E-state index contributed by atoms with van der Waals surface area (Å²) in [5.74, 6) is -1.49. The van der Waals surface area contributed by atoms with E-state index < -0.39 is 5.97 Å². The molecule has 3 rings (SSSR count). The maximum atomic E-state index is 12.5. The molecule has 0 unspecified atom stereocenters.